The minimum absolute atomic E-state index is 0.202. The number of rotatable bonds is 5. The molecule has 8 nitrogen and oxygen atoms in total. The van der Waals surface area contributed by atoms with Gasteiger partial charge in [0, 0.05) is 12.1 Å². The van der Waals surface area contributed by atoms with Gasteiger partial charge in [-0.2, -0.15) is 0 Å². The van der Waals surface area contributed by atoms with E-state index in [0.29, 0.717) is 13.1 Å². The van der Waals surface area contributed by atoms with Gasteiger partial charge in [-0.3, -0.25) is 0 Å². The van der Waals surface area contributed by atoms with Crippen LogP contribution in [0.1, 0.15) is 21.0 Å². The standard InChI is InChI=1S/C12H14N4O4/c1-13-9(11(17)18)3-5-15(13)7-8-16-6-4-10(12(19)20)14(16)2/h3-6H,7-8H2,1-2H3/p+2. The van der Waals surface area contributed by atoms with Gasteiger partial charge in [-0.25, -0.2) is 9.59 Å². The number of carboxylic acids is 2. The molecule has 2 N–H and O–H groups in total. The van der Waals surface area contributed by atoms with Gasteiger partial charge in [0.15, 0.2) is 23.8 Å². The van der Waals surface area contributed by atoms with Crippen LogP contribution >= 0.6 is 0 Å². The summed E-state index contributed by atoms with van der Waals surface area (Å²) in [6, 6.07) is 3.06. The lowest BCUT2D eigenvalue weighted by Gasteiger charge is -1.99. The third-order valence-electron chi connectivity index (χ3n) is 3.27. The fraction of sp³-hybridized carbons (Fsp3) is 0.333. The first-order chi connectivity index (χ1) is 9.41. The summed E-state index contributed by atoms with van der Waals surface area (Å²) >= 11 is 0. The fourth-order valence-corrected chi connectivity index (χ4v) is 2.08. The molecule has 0 aliphatic carbocycles. The Morgan fingerprint density at radius 3 is 1.55 bits per heavy atom. The molecule has 2 heterocycles. The largest absolute Gasteiger partial charge is 0.476 e. The minimum Gasteiger partial charge on any atom is -0.476 e. The number of aromatic nitrogens is 4. The first-order valence-corrected chi connectivity index (χ1v) is 5.99. The average Bonchev–Trinajstić information content (AvgIpc) is 2.91. The Bertz CT molecular complexity index is 613. The Labute approximate surface area is 114 Å². The monoisotopic (exact) mass is 280 g/mol. The maximum Gasteiger partial charge on any atom is 0.358 e. The van der Waals surface area contributed by atoms with E-state index in [1.807, 2.05) is 0 Å². The van der Waals surface area contributed by atoms with Crippen molar-refractivity contribution >= 4 is 11.9 Å². The summed E-state index contributed by atoms with van der Waals surface area (Å²) in [7, 11) is 3.34. The molecule has 0 spiro atoms. The summed E-state index contributed by atoms with van der Waals surface area (Å²) < 4.78 is 6.60. The Balaban J connectivity index is 2.13. The molecule has 0 saturated carbocycles. The first kappa shape index (κ1) is 13.8. The third-order valence-corrected chi connectivity index (χ3v) is 3.27. The zero-order valence-corrected chi connectivity index (χ0v) is 11.2. The summed E-state index contributed by atoms with van der Waals surface area (Å²) in [5.41, 5.74) is 0.404. The normalized spacial score (nSPS) is 10.7. The second kappa shape index (κ2) is 5.16. The highest BCUT2D eigenvalue weighted by atomic mass is 16.4. The molecule has 0 aromatic carbocycles. The summed E-state index contributed by atoms with van der Waals surface area (Å²) in [5, 5.41) is 17.9. The third kappa shape index (κ3) is 2.40. The molecule has 2 rings (SSSR count). The summed E-state index contributed by atoms with van der Waals surface area (Å²) in [6.07, 6.45) is 3.37. The van der Waals surface area contributed by atoms with Gasteiger partial charge < -0.3 is 10.2 Å². The summed E-state index contributed by atoms with van der Waals surface area (Å²) in [4.78, 5) is 21.9. The van der Waals surface area contributed by atoms with Crippen LogP contribution in [0.4, 0.5) is 0 Å². The van der Waals surface area contributed by atoms with E-state index in [9.17, 15) is 9.59 Å². The lowest BCUT2D eigenvalue weighted by molar-refractivity contribution is -0.847. The maximum absolute atomic E-state index is 10.9. The van der Waals surface area contributed by atoms with Crippen LogP contribution in [0, 0.1) is 0 Å². The van der Waals surface area contributed by atoms with Crippen molar-refractivity contribution in [3.05, 3.63) is 35.9 Å². The lowest BCUT2D eigenvalue weighted by atomic mass is 10.4. The van der Waals surface area contributed by atoms with Crippen LogP contribution in [-0.4, -0.2) is 31.5 Å². The van der Waals surface area contributed by atoms with Gasteiger partial charge in [0.2, 0.25) is 13.1 Å². The number of aromatic carboxylic acids is 2. The minimum atomic E-state index is -0.981. The van der Waals surface area contributed by atoms with Gasteiger partial charge in [0.1, 0.15) is 0 Å². The van der Waals surface area contributed by atoms with Crippen molar-refractivity contribution in [2.75, 3.05) is 0 Å². The van der Waals surface area contributed by atoms with E-state index >= 15 is 0 Å². The van der Waals surface area contributed by atoms with Crippen LogP contribution < -0.4 is 9.36 Å². The SMILES string of the molecule is Cn1c(C(=O)O)cc[n+]1CC[n+]1ccc(C(=O)O)n1C. The molecular formula is C12H16N4O4+2. The molecule has 20 heavy (non-hydrogen) atoms. The molecular weight excluding hydrogens is 264 g/mol. The van der Waals surface area contributed by atoms with Crippen molar-refractivity contribution in [3.8, 4) is 0 Å². The van der Waals surface area contributed by atoms with Gasteiger partial charge in [-0.05, 0) is 0 Å². The van der Waals surface area contributed by atoms with Gasteiger partial charge in [0.05, 0.1) is 14.1 Å². The van der Waals surface area contributed by atoms with Crippen molar-refractivity contribution in [3.63, 3.8) is 0 Å². The molecule has 106 valence electrons. The zero-order valence-electron chi connectivity index (χ0n) is 11.2. The van der Waals surface area contributed by atoms with E-state index in [4.69, 9.17) is 10.2 Å². The number of aryl methyl sites for hydroxylation is 2. The topological polar surface area (TPSA) is 92.2 Å². The number of carbonyl (C=O) groups is 2. The van der Waals surface area contributed by atoms with Crippen LogP contribution in [0.25, 0.3) is 0 Å². The highest BCUT2D eigenvalue weighted by Crippen LogP contribution is 1.95. The van der Waals surface area contributed by atoms with Gasteiger partial charge >= 0.3 is 11.9 Å². The van der Waals surface area contributed by atoms with E-state index in [1.165, 1.54) is 12.1 Å². The first-order valence-electron chi connectivity index (χ1n) is 5.99. The quantitative estimate of drug-likeness (QED) is 0.690. The second-order valence-electron chi connectivity index (χ2n) is 4.39. The maximum atomic E-state index is 10.9. The predicted octanol–water partition coefficient (Wildman–Crippen LogP) is -0.965. The Morgan fingerprint density at radius 1 is 0.950 bits per heavy atom. The lowest BCUT2D eigenvalue weighted by Crippen LogP contribution is -2.51. The van der Waals surface area contributed by atoms with E-state index < -0.39 is 11.9 Å². The second-order valence-corrected chi connectivity index (χ2v) is 4.39. The smallest absolute Gasteiger partial charge is 0.358 e. The van der Waals surface area contributed by atoms with Crippen molar-refractivity contribution in [1.29, 1.82) is 0 Å². The Morgan fingerprint density at radius 2 is 1.30 bits per heavy atom. The van der Waals surface area contributed by atoms with Crippen LogP contribution in [0.3, 0.4) is 0 Å². The van der Waals surface area contributed by atoms with Crippen molar-refractivity contribution < 1.29 is 29.2 Å². The van der Waals surface area contributed by atoms with Crippen LogP contribution in [0.2, 0.25) is 0 Å². The van der Waals surface area contributed by atoms with Gasteiger partial charge in [-0.15, -0.1) is 18.7 Å². The molecule has 0 amide bonds. The molecule has 2 aromatic heterocycles. The van der Waals surface area contributed by atoms with Crippen molar-refractivity contribution in [1.82, 2.24) is 9.36 Å². The number of hydrogen-bond acceptors (Lipinski definition) is 2. The van der Waals surface area contributed by atoms with Crippen LogP contribution in [0.15, 0.2) is 24.5 Å². The molecule has 0 unspecified atom stereocenters. The van der Waals surface area contributed by atoms with Crippen LogP contribution in [-0.2, 0) is 27.2 Å². The molecule has 0 atom stereocenters. The fourth-order valence-electron chi connectivity index (χ4n) is 2.08. The van der Waals surface area contributed by atoms with E-state index in [0.717, 1.165) is 0 Å². The zero-order chi connectivity index (χ0) is 14.9. The van der Waals surface area contributed by atoms with E-state index in [-0.39, 0.29) is 11.4 Å². The van der Waals surface area contributed by atoms with Crippen molar-refractivity contribution in [2.45, 2.75) is 13.1 Å². The number of nitrogens with zero attached hydrogens (tertiary/aromatic N) is 4. The molecule has 0 bridgehead atoms. The van der Waals surface area contributed by atoms with E-state index in [2.05, 4.69) is 0 Å². The molecule has 0 radical (unpaired) electrons. The van der Waals surface area contributed by atoms with Gasteiger partial charge in [0.25, 0.3) is 0 Å². The molecule has 0 aliphatic rings. The van der Waals surface area contributed by atoms with Crippen LogP contribution in [0.5, 0.6) is 0 Å². The summed E-state index contributed by atoms with van der Waals surface area (Å²) in [5.74, 6) is -1.96. The van der Waals surface area contributed by atoms with E-state index in [1.54, 1.807) is 45.2 Å². The Hall–Kier alpha value is -2.64. The Kier molecular flexibility index (Phi) is 3.55. The molecule has 0 fully saturated rings. The highest BCUT2D eigenvalue weighted by molar-refractivity contribution is 5.85. The van der Waals surface area contributed by atoms with Crippen molar-refractivity contribution in [2.24, 2.45) is 14.1 Å². The molecule has 8 heteroatoms. The molecule has 0 aliphatic heterocycles. The molecule has 2 aromatic rings. The number of hydrogen-bond donors (Lipinski definition) is 2. The predicted molar refractivity (Wildman–Crippen MR) is 65.1 cm³/mol. The summed E-state index contributed by atoms with van der Waals surface area (Å²) in [6.45, 7) is 1.07. The number of carboxylic acid groups (broad SMARTS) is 2. The molecule has 0 saturated heterocycles. The van der Waals surface area contributed by atoms with Gasteiger partial charge in [-0.1, -0.05) is 0 Å². The highest BCUT2D eigenvalue weighted by Gasteiger charge is 2.21. The average molecular weight is 280 g/mol.